The molecule has 1 amide bonds. The molecular formula is C30H22ClN3O5. The standard InChI is InChI=1S/C30H22ClN3O5/c31-24-15-21(28(35)34-14-2-1-3-27(34)30(38)39)11-10-19(24)7-4-18-5-8-20(9-6-18)26-16-22(29(36)37)23-17-32-13-12-25(23)33-26/h5-6,8-13,15-17,27H,1-3,14H2,(H,36,37)(H,38,39)/t27-/m0/s1. The van der Waals surface area contributed by atoms with Gasteiger partial charge < -0.3 is 15.1 Å². The summed E-state index contributed by atoms with van der Waals surface area (Å²) in [7, 11) is 0. The van der Waals surface area contributed by atoms with Gasteiger partial charge in [0.15, 0.2) is 0 Å². The second kappa shape index (κ2) is 10.9. The van der Waals surface area contributed by atoms with Crippen LogP contribution < -0.4 is 0 Å². The number of halogens is 1. The first-order valence-electron chi connectivity index (χ1n) is 12.3. The van der Waals surface area contributed by atoms with Crippen molar-refractivity contribution in [1.82, 2.24) is 14.9 Å². The molecule has 4 aromatic rings. The zero-order valence-corrected chi connectivity index (χ0v) is 21.4. The number of aromatic nitrogens is 2. The van der Waals surface area contributed by atoms with Gasteiger partial charge in [0, 0.05) is 46.6 Å². The van der Waals surface area contributed by atoms with Crippen molar-refractivity contribution >= 4 is 40.3 Å². The van der Waals surface area contributed by atoms with Gasteiger partial charge in [0.05, 0.1) is 21.8 Å². The highest BCUT2D eigenvalue weighted by molar-refractivity contribution is 6.32. The lowest BCUT2D eigenvalue weighted by atomic mass is 10.0. The van der Waals surface area contributed by atoms with Crippen LogP contribution in [0.5, 0.6) is 0 Å². The van der Waals surface area contributed by atoms with Crippen LogP contribution >= 0.6 is 11.6 Å². The Morgan fingerprint density at radius 2 is 1.77 bits per heavy atom. The minimum Gasteiger partial charge on any atom is -0.480 e. The lowest BCUT2D eigenvalue weighted by Gasteiger charge is -2.33. The van der Waals surface area contributed by atoms with E-state index in [0.717, 1.165) is 18.4 Å². The number of carbonyl (C=O) groups is 3. The zero-order chi connectivity index (χ0) is 27.5. The van der Waals surface area contributed by atoms with E-state index in [1.807, 2.05) is 12.1 Å². The summed E-state index contributed by atoms with van der Waals surface area (Å²) in [6, 6.07) is 14.4. The number of carbonyl (C=O) groups excluding carboxylic acids is 1. The fourth-order valence-corrected chi connectivity index (χ4v) is 4.83. The number of pyridine rings is 2. The van der Waals surface area contributed by atoms with Crippen molar-refractivity contribution in [2.45, 2.75) is 25.3 Å². The van der Waals surface area contributed by atoms with Gasteiger partial charge in [-0.25, -0.2) is 14.6 Å². The van der Waals surface area contributed by atoms with E-state index in [1.165, 1.54) is 23.2 Å². The molecule has 1 aliphatic rings. The van der Waals surface area contributed by atoms with E-state index in [-0.39, 0.29) is 11.5 Å². The third kappa shape index (κ3) is 5.44. The summed E-state index contributed by atoms with van der Waals surface area (Å²) in [5.41, 5.74) is 3.48. The van der Waals surface area contributed by atoms with Crippen molar-refractivity contribution in [2.24, 2.45) is 0 Å². The summed E-state index contributed by atoms with van der Waals surface area (Å²) in [6.07, 6.45) is 5.03. The van der Waals surface area contributed by atoms with Crippen molar-refractivity contribution in [3.8, 4) is 23.1 Å². The SMILES string of the molecule is O=C(O)c1cc(-c2ccc(C#Cc3ccc(C(=O)N4CCCC[C@H]4C(=O)O)cc3Cl)cc2)nc2ccncc12. The maximum Gasteiger partial charge on any atom is 0.336 e. The third-order valence-corrected chi connectivity index (χ3v) is 6.94. The molecule has 0 saturated carbocycles. The van der Waals surface area contributed by atoms with Gasteiger partial charge in [0.2, 0.25) is 0 Å². The number of likely N-dealkylation sites (tertiary alicyclic amines) is 1. The van der Waals surface area contributed by atoms with E-state index in [4.69, 9.17) is 11.6 Å². The average Bonchev–Trinajstić information content (AvgIpc) is 2.95. The lowest BCUT2D eigenvalue weighted by Crippen LogP contribution is -2.47. The molecule has 1 saturated heterocycles. The van der Waals surface area contributed by atoms with Gasteiger partial charge in [-0.3, -0.25) is 9.78 Å². The third-order valence-electron chi connectivity index (χ3n) is 6.63. The minimum absolute atomic E-state index is 0.127. The van der Waals surface area contributed by atoms with E-state index in [1.54, 1.807) is 36.5 Å². The highest BCUT2D eigenvalue weighted by Crippen LogP contribution is 2.26. The summed E-state index contributed by atoms with van der Waals surface area (Å²) in [4.78, 5) is 46.2. The summed E-state index contributed by atoms with van der Waals surface area (Å²) >= 11 is 6.42. The lowest BCUT2D eigenvalue weighted by molar-refractivity contribution is -0.143. The summed E-state index contributed by atoms with van der Waals surface area (Å²) in [5, 5.41) is 19.9. The maximum absolute atomic E-state index is 13.0. The van der Waals surface area contributed by atoms with Gasteiger partial charge in [-0.05, 0) is 61.7 Å². The number of hydrogen-bond acceptors (Lipinski definition) is 5. The molecule has 8 nitrogen and oxygen atoms in total. The van der Waals surface area contributed by atoms with Gasteiger partial charge >= 0.3 is 11.9 Å². The minimum atomic E-state index is -1.05. The van der Waals surface area contributed by atoms with E-state index in [9.17, 15) is 24.6 Å². The fraction of sp³-hybridized carbons (Fsp3) is 0.167. The number of benzene rings is 2. The number of fused-ring (bicyclic) bond motifs is 1. The molecule has 5 rings (SSSR count). The number of carboxylic acid groups (broad SMARTS) is 2. The Balaban J connectivity index is 1.36. The smallest absolute Gasteiger partial charge is 0.336 e. The number of piperidine rings is 1. The molecule has 0 radical (unpaired) electrons. The Morgan fingerprint density at radius 3 is 2.49 bits per heavy atom. The van der Waals surface area contributed by atoms with Crippen LogP contribution in [0, 0.1) is 11.8 Å². The van der Waals surface area contributed by atoms with Crippen molar-refractivity contribution in [3.63, 3.8) is 0 Å². The first-order chi connectivity index (χ1) is 18.8. The Kier molecular flexibility index (Phi) is 7.26. The van der Waals surface area contributed by atoms with Gasteiger partial charge in [0.1, 0.15) is 6.04 Å². The monoisotopic (exact) mass is 539 g/mol. The zero-order valence-electron chi connectivity index (χ0n) is 20.6. The Hall–Kier alpha value is -4.74. The molecule has 9 heteroatoms. The molecule has 1 fully saturated rings. The molecule has 2 N–H and O–H groups in total. The molecule has 0 unspecified atom stereocenters. The molecule has 39 heavy (non-hydrogen) atoms. The molecular weight excluding hydrogens is 518 g/mol. The predicted molar refractivity (Wildman–Crippen MR) is 146 cm³/mol. The molecule has 2 aromatic heterocycles. The number of hydrogen-bond donors (Lipinski definition) is 2. The highest BCUT2D eigenvalue weighted by Gasteiger charge is 2.32. The summed E-state index contributed by atoms with van der Waals surface area (Å²) in [6.45, 7) is 0.397. The van der Waals surface area contributed by atoms with E-state index >= 15 is 0 Å². The maximum atomic E-state index is 13.0. The molecule has 0 spiro atoms. The Bertz CT molecular complexity index is 1670. The van der Waals surface area contributed by atoms with Crippen molar-refractivity contribution < 1.29 is 24.6 Å². The van der Waals surface area contributed by atoms with E-state index in [2.05, 4.69) is 21.8 Å². The van der Waals surface area contributed by atoms with Crippen molar-refractivity contribution in [3.05, 3.63) is 94.3 Å². The van der Waals surface area contributed by atoms with Crippen LogP contribution in [-0.2, 0) is 4.79 Å². The number of aliphatic carboxylic acids is 1. The van der Waals surface area contributed by atoms with E-state index < -0.39 is 18.0 Å². The molecule has 0 bridgehead atoms. The van der Waals surface area contributed by atoms with Crippen LogP contribution in [0.4, 0.5) is 0 Å². The number of carboxylic acids is 2. The van der Waals surface area contributed by atoms with E-state index in [0.29, 0.717) is 51.3 Å². The number of nitrogens with zero attached hydrogens (tertiary/aromatic N) is 3. The molecule has 0 aliphatic carbocycles. The van der Waals surface area contributed by atoms with Crippen LogP contribution in [0.15, 0.2) is 67.0 Å². The van der Waals surface area contributed by atoms with Gasteiger partial charge in [0.25, 0.3) is 5.91 Å². The summed E-state index contributed by atoms with van der Waals surface area (Å²) < 4.78 is 0. The number of aromatic carboxylic acids is 1. The van der Waals surface area contributed by atoms with Crippen molar-refractivity contribution in [2.75, 3.05) is 6.54 Å². The normalized spacial score (nSPS) is 14.9. The van der Waals surface area contributed by atoms with Crippen LogP contribution in [0.3, 0.4) is 0 Å². The largest absolute Gasteiger partial charge is 0.480 e. The van der Waals surface area contributed by atoms with Crippen molar-refractivity contribution in [1.29, 1.82) is 0 Å². The molecule has 2 aromatic carbocycles. The van der Waals surface area contributed by atoms with Crippen LogP contribution in [0.25, 0.3) is 22.2 Å². The summed E-state index contributed by atoms with van der Waals surface area (Å²) in [5.74, 6) is 3.64. The number of amides is 1. The quantitative estimate of drug-likeness (QED) is 0.345. The Labute approximate surface area is 228 Å². The van der Waals surface area contributed by atoms with Crippen LogP contribution in [0.2, 0.25) is 5.02 Å². The molecule has 1 aliphatic heterocycles. The second-order valence-corrected chi connectivity index (χ2v) is 9.53. The van der Waals surface area contributed by atoms with Crippen LogP contribution in [-0.4, -0.2) is 55.5 Å². The average molecular weight is 540 g/mol. The van der Waals surface area contributed by atoms with Gasteiger partial charge in [-0.1, -0.05) is 35.6 Å². The van der Waals surface area contributed by atoms with Gasteiger partial charge in [-0.2, -0.15) is 0 Å². The number of rotatable bonds is 4. The predicted octanol–water partition coefficient (Wildman–Crippen LogP) is 5.13. The van der Waals surface area contributed by atoms with Gasteiger partial charge in [-0.15, -0.1) is 0 Å². The fourth-order valence-electron chi connectivity index (χ4n) is 4.60. The molecule has 3 heterocycles. The first-order valence-corrected chi connectivity index (χ1v) is 12.6. The Morgan fingerprint density at radius 1 is 0.974 bits per heavy atom. The molecule has 1 atom stereocenters. The second-order valence-electron chi connectivity index (χ2n) is 9.12. The van der Waals surface area contributed by atoms with Crippen LogP contribution in [0.1, 0.15) is 51.1 Å². The first kappa shape index (κ1) is 25.9. The molecule has 194 valence electrons. The topological polar surface area (TPSA) is 121 Å². The highest BCUT2D eigenvalue weighted by atomic mass is 35.5.